The highest BCUT2D eigenvalue weighted by Crippen LogP contribution is 2.51. The van der Waals surface area contributed by atoms with Gasteiger partial charge in [0.1, 0.15) is 16.5 Å². The van der Waals surface area contributed by atoms with Gasteiger partial charge in [-0.25, -0.2) is 15.0 Å². The monoisotopic (exact) mass is 535 g/mol. The maximum absolute atomic E-state index is 11.0. The van der Waals surface area contributed by atoms with E-state index in [2.05, 4.69) is 37.8 Å². The molecule has 5 rings (SSSR count). The number of hydrogen-bond donors (Lipinski definition) is 4. The van der Waals surface area contributed by atoms with Gasteiger partial charge in [0.05, 0.1) is 17.8 Å². The molecule has 1 aliphatic carbocycles. The van der Waals surface area contributed by atoms with E-state index in [1.54, 1.807) is 18.5 Å². The molecule has 190 valence electrons. The highest BCUT2D eigenvalue weighted by molar-refractivity contribution is 7.99. The van der Waals surface area contributed by atoms with Gasteiger partial charge in [0.2, 0.25) is 0 Å². The van der Waals surface area contributed by atoms with E-state index in [-0.39, 0.29) is 23.9 Å². The fourth-order valence-electron chi connectivity index (χ4n) is 5.18. The number of hydrogen-bond acceptors (Lipinski definition) is 9. The summed E-state index contributed by atoms with van der Waals surface area (Å²) in [6.45, 7) is 1.26. The smallest absolute Gasteiger partial charge is 0.293 e. The first-order valence-corrected chi connectivity index (χ1v) is 13.0. The summed E-state index contributed by atoms with van der Waals surface area (Å²) in [5, 5.41) is 11.0. The lowest BCUT2D eigenvalue weighted by Gasteiger charge is -2.42. The maximum Gasteiger partial charge on any atom is 0.293 e. The fraction of sp³-hybridized carbons (Fsp3) is 0.308. The van der Waals surface area contributed by atoms with Crippen molar-refractivity contribution in [1.29, 1.82) is 0 Å². The molecule has 1 spiro atoms. The summed E-state index contributed by atoms with van der Waals surface area (Å²) in [5.74, 6) is 5.47. The van der Waals surface area contributed by atoms with Crippen LogP contribution in [0.25, 0.3) is 0 Å². The summed E-state index contributed by atoms with van der Waals surface area (Å²) < 4.78 is 0. The number of piperidine rings is 1. The Bertz CT molecular complexity index is 1430. The summed E-state index contributed by atoms with van der Waals surface area (Å²) in [6.07, 6.45) is 5.91. The average molecular weight is 536 g/mol. The second-order valence-electron chi connectivity index (χ2n) is 9.28. The Hall–Kier alpha value is -3.36. The Balaban J connectivity index is 1.30. The third-order valence-electron chi connectivity index (χ3n) is 7.12. The van der Waals surface area contributed by atoms with E-state index in [4.69, 9.17) is 28.8 Å². The van der Waals surface area contributed by atoms with E-state index in [1.807, 2.05) is 12.1 Å². The zero-order valence-corrected chi connectivity index (χ0v) is 21.5. The van der Waals surface area contributed by atoms with Crippen molar-refractivity contribution in [1.82, 2.24) is 15.0 Å². The quantitative estimate of drug-likeness (QED) is 0.368. The number of benzene rings is 1. The first kappa shape index (κ1) is 25.3. The molecule has 0 bridgehead atoms. The van der Waals surface area contributed by atoms with Crippen LogP contribution in [0.15, 0.2) is 46.6 Å². The molecule has 0 radical (unpaired) electrons. The third-order valence-corrected chi connectivity index (χ3v) is 8.59. The molecule has 1 saturated heterocycles. The summed E-state index contributed by atoms with van der Waals surface area (Å²) >= 11 is 7.58. The first-order chi connectivity index (χ1) is 17.8. The van der Waals surface area contributed by atoms with Gasteiger partial charge in [-0.3, -0.25) is 4.79 Å². The molecule has 3 heterocycles. The number of fused-ring (bicyclic) bond motifs is 1. The molecule has 2 aromatic heterocycles. The van der Waals surface area contributed by atoms with Crippen LogP contribution >= 0.6 is 23.4 Å². The first-order valence-electron chi connectivity index (χ1n) is 11.8. The number of carbonyl (C=O) groups is 1. The fourth-order valence-corrected chi connectivity index (χ4v) is 6.22. The van der Waals surface area contributed by atoms with Crippen molar-refractivity contribution >= 4 is 40.9 Å². The minimum Gasteiger partial charge on any atom is -0.390 e. The molecule has 9 nitrogen and oxygen atoms in total. The largest absolute Gasteiger partial charge is 0.390 e. The van der Waals surface area contributed by atoms with Crippen molar-refractivity contribution in [2.24, 2.45) is 16.9 Å². The lowest BCUT2D eigenvalue weighted by molar-refractivity contribution is -0.112. The summed E-state index contributed by atoms with van der Waals surface area (Å²) in [7, 11) is 0. The predicted octanol–water partition coefficient (Wildman–Crippen LogP) is 2.43. The Labute approximate surface area is 223 Å². The van der Waals surface area contributed by atoms with Gasteiger partial charge >= 0.3 is 0 Å². The number of aliphatic hydroxyl groups is 1. The molecule has 1 amide bonds. The molecule has 2 aliphatic rings. The SMILES string of the molecule is NC(=O)C#Cc1ccc2c(c1)[C@@H](N)C1(CCN(c3ncc(Sc4ccnc(N)c4Cl)nc3CO)CC1)C2. The molecule has 1 fully saturated rings. The number of nitrogens with two attached hydrogens (primary N) is 3. The molecule has 0 saturated carbocycles. The van der Waals surface area contributed by atoms with Gasteiger partial charge in [-0.15, -0.1) is 0 Å². The molecule has 0 unspecified atom stereocenters. The molecule has 37 heavy (non-hydrogen) atoms. The molecule has 1 aliphatic heterocycles. The number of rotatable bonds is 4. The number of nitrogens with zero attached hydrogens (tertiary/aromatic N) is 4. The van der Waals surface area contributed by atoms with Crippen molar-refractivity contribution in [3.05, 3.63) is 64.1 Å². The van der Waals surface area contributed by atoms with Crippen LogP contribution in [-0.2, 0) is 17.8 Å². The van der Waals surface area contributed by atoms with Gasteiger partial charge < -0.3 is 27.2 Å². The summed E-state index contributed by atoms with van der Waals surface area (Å²) in [5.41, 5.74) is 21.2. The number of anilines is 2. The number of carbonyl (C=O) groups excluding carboxylic acids is 1. The number of halogens is 1. The topological polar surface area (TPSA) is 157 Å². The van der Waals surface area contributed by atoms with Gasteiger partial charge in [0.25, 0.3) is 5.91 Å². The molecule has 1 atom stereocenters. The van der Waals surface area contributed by atoms with Crippen LogP contribution in [0.4, 0.5) is 11.6 Å². The van der Waals surface area contributed by atoms with Gasteiger partial charge in [0.15, 0.2) is 5.82 Å². The normalized spacial score (nSPS) is 17.8. The molecule has 1 aromatic carbocycles. The van der Waals surface area contributed by atoms with Gasteiger partial charge in [-0.2, -0.15) is 0 Å². The van der Waals surface area contributed by atoms with E-state index in [0.29, 0.717) is 21.6 Å². The highest BCUT2D eigenvalue weighted by Gasteiger charge is 2.46. The number of amides is 1. The van der Waals surface area contributed by atoms with Crippen LogP contribution in [-0.4, -0.2) is 39.1 Å². The van der Waals surface area contributed by atoms with Crippen molar-refractivity contribution in [3.63, 3.8) is 0 Å². The Morgan fingerprint density at radius 3 is 2.78 bits per heavy atom. The molecule has 11 heteroatoms. The van der Waals surface area contributed by atoms with Crippen molar-refractivity contribution < 1.29 is 9.90 Å². The van der Waals surface area contributed by atoms with Crippen molar-refractivity contribution in [3.8, 4) is 11.8 Å². The lowest BCUT2D eigenvalue weighted by atomic mass is 9.73. The van der Waals surface area contributed by atoms with Crippen molar-refractivity contribution in [2.45, 2.75) is 41.8 Å². The van der Waals surface area contributed by atoms with Gasteiger partial charge in [-0.05, 0) is 59.9 Å². The Morgan fingerprint density at radius 2 is 2.05 bits per heavy atom. The predicted molar refractivity (Wildman–Crippen MR) is 143 cm³/mol. The van der Waals surface area contributed by atoms with Crippen LogP contribution in [0.5, 0.6) is 0 Å². The van der Waals surface area contributed by atoms with Crippen molar-refractivity contribution in [2.75, 3.05) is 23.7 Å². The minimum absolute atomic E-state index is 0.0603. The zero-order valence-electron chi connectivity index (χ0n) is 19.9. The summed E-state index contributed by atoms with van der Waals surface area (Å²) in [4.78, 5) is 27.1. The van der Waals surface area contributed by atoms with Crippen LogP contribution in [0, 0.1) is 17.3 Å². The van der Waals surface area contributed by atoms with Gasteiger partial charge in [0, 0.05) is 35.8 Å². The highest BCUT2D eigenvalue weighted by atomic mass is 35.5. The van der Waals surface area contributed by atoms with Gasteiger partial charge in [-0.1, -0.05) is 35.3 Å². The number of primary amides is 1. The Kier molecular flexibility index (Phi) is 6.96. The molecule has 3 aromatic rings. The molecular formula is C26H26ClN7O2S. The standard InChI is InChI=1S/C26H26ClN7O2S/c27-22-19(5-8-31-24(22)30)37-21-13-32-25(18(14-35)33-21)34-9-6-26(7-10-34)12-16-3-1-15(2-4-20(28)36)11-17(16)23(26)29/h1,3,5,8,11,13,23,35H,6-7,9-10,12,14,29H2,(H2,28,36)(H2,30,31)/t23-/m1/s1. The summed E-state index contributed by atoms with van der Waals surface area (Å²) in [6, 6.07) is 7.57. The number of aliphatic hydroxyl groups excluding tert-OH is 1. The second kappa shape index (κ2) is 10.2. The zero-order chi connectivity index (χ0) is 26.2. The number of nitrogen functional groups attached to an aromatic ring is 1. The number of pyridine rings is 1. The average Bonchev–Trinajstić information content (AvgIpc) is 3.16. The maximum atomic E-state index is 11.0. The van der Waals surface area contributed by atoms with E-state index in [9.17, 15) is 9.90 Å². The second-order valence-corrected chi connectivity index (χ2v) is 10.7. The van der Waals surface area contributed by atoms with E-state index in [1.165, 1.54) is 17.3 Å². The number of aromatic nitrogens is 3. The minimum atomic E-state index is -0.656. The van der Waals surface area contributed by atoms with E-state index >= 15 is 0 Å². The van der Waals surface area contributed by atoms with E-state index < -0.39 is 5.91 Å². The van der Waals surface area contributed by atoms with E-state index in [0.717, 1.165) is 48.4 Å². The molecule has 7 N–H and O–H groups in total. The van der Waals surface area contributed by atoms with Crippen LogP contribution < -0.4 is 22.1 Å². The van der Waals surface area contributed by atoms with Crippen LogP contribution in [0.3, 0.4) is 0 Å². The van der Waals surface area contributed by atoms with Crippen LogP contribution in [0.1, 0.15) is 41.3 Å². The molecular weight excluding hydrogens is 510 g/mol. The third kappa shape index (κ3) is 4.95. The lowest BCUT2D eigenvalue weighted by Crippen LogP contribution is -2.45. The van der Waals surface area contributed by atoms with Crippen LogP contribution in [0.2, 0.25) is 5.02 Å². The Morgan fingerprint density at radius 1 is 1.27 bits per heavy atom.